The fourth-order valence-corrected chi connectivity index (χ4v) is 4.20. The first-order valence-corrected chi connectivity index (χ1v) is 12.8. The smallest absolute Gasteiger partial charge is 0.243 e. The molecular weight excluding hydrogens is 496 g/mol. The fourth-order valence-electron chi connectivity index (χ4n) is 4.20. The maximum absolute atomic E-state index is 3.09. The van der Waals surface area contributed by atoms with Crippen LogP contribution in [0.2, 0.25) is 0 Å². The molecule has 0 radical (unpaired) electrons. The zero-order chi connectivity index (χ0) is 27.9. The summed E-state index contributed by atoms with van der Waals surface area (Å²) < 4.78 is 15.5. The minimum Gasteiger partial charge on any atom is -0.326 e. The van der Waals surface area contributed by atoms with Gasteiger partial charge in [0.15, 0.2) is 0 Å². The summed E-state index contributed by atoms with van der Waals surface area (Å²) in [6.07, 6.45) is 28.4. The van der Waals surface area contributed by atoms with Gasteiger partial charge in [-0.2, -0.15) is 0 Å². The van der Waals surface area contributed by atoms with Gasteiger partial charge in [0.2, 0.25) is 25.3 Å². The number of hydrogen-bond donors (Lipinski definition) is 0. The molecule has 8 rings (SSSR count). The van der Waals surface area contributed by atoms with Gasteiger partial charge in [0.25, 0.3) is 0 Å². The average molecular weight is 529 g/mol. The number of imidazole rings is 4. The molecule has 8 aromatic heterocycles. The number of rotatable bonds is 0. The Kier molecular flexibility index (Phi) is 7.97. The van der Waals surface area contributed by atoms with Crippen molar-refractivity contribution in [3.05, 3.63) is 148 Å². The van der Waals surface area contributed by atoms with Gasteiger partial charge in [0, 0.05) is 71.6 Å². The summed E-state index contributed by atoms with van der Waals surface area (Å²) in [5.41, 5.74) is 4.69. The van der Waals surface area contributed by atoms with Crippen molar-refractivity contribution in [2.75, 3.05) is 0 Å². The number of fused-ring (bicyclic) bond motifs is 4. The van der Waals surface area contributed by atoms with Crippen molar-refractivity contribution in [3.63, 3.8) is 0 Å². The lowest BCUT2D eigenvalue weighted by molar-refractivity contribution is -0.674. The van der Waals surface area contributed by atoms with Gasteiger partial charge in [-0.15, -0.1) is 0 Å². The molecule has 8 aromatic rings. The predicted octanol–water partition coefficient (Wildman–Crippen LogP) is 2.26. The van der Waals surface area contributed by atoms with Crippen LogP contribution >= 0.6 is 0 Å². The Labute approximate surface area is 233 Å². The third kappa shape index (κ3) is 6.60. The fraction of sp³-hybridized carbons (Fsp3) is 0.125. The molecule has 0 N–H and O–H groups in total. The molecule has 0 unspecified atom stereocenters. The van der Waals surface area contributed by atoms with Crippen LogP contribution < -0.4 is 18.3 Å². The summed E-state index contributed by atoms with van der Waals surface area (Å²) in [6, 6.07) is 24.2. The van der Waals surface area contributed by atoms with E-state index in [1.165, 1.54) is 22.1 Å². The third-order valence-electron chi connectivity index (χ3n) is 5.93. The number of pyridine rings is 4. The van der Waals surface area contributed by atoms with Crippen LogP contribution in [-0.4, -0.2) is 17.6 Å². The van der Waals surface area contributed by atoms with E-state index in [2.05, 4.69) is 49.6 Å². The highest BCUT2D eigenvalue weighted by molar-refractivity contribution is 5.43. The van der Waals surface area contributed by atoms with Gasteiger partial charge in [-0.25, -0.2) is 0 Å². The van der Waals surface area contributed by atoms with Gasteiger partial charge in [0.05, 0.1) is 28.2 Å². The topological polar surface area (TPSA) is 33.2 Å². The standard InChI is InChI=1S/4C8H8N2/c4*1-9-6-8-4-2-3-5-10(8)7-9/h4*2-6H,1H3. The number of aryl methyl sites for hydroxylation is 4. The molecule has 0 aliphatic rings. The monoisotopic (exact) mass is 528 g/mol. The SMILES string of the molecule is C[n+]1[c-]n2ccccc2c1.C[n+]1[c-]n2ccccc2c1.C[n+]1[c-]n2ccccc2c1.C[n+]1[c-]n2ccccc2c1. The van der Waals surface area contributed by atoms with Crippen molar-refractivity contribution in [2.24, 2.45) is 28.2 Å². The Morgan fingerprint density at radius 2 is 0.600 bits per heavy atom. The molecular formula is C32H32N8. The second kappa shape index (κ2) is 12.1. The maximum atomic E-state index is 3.09. The summed E-state index contributed by atoms with van der Waals surface area (Å²) in [6.45, 7) is 0. The van der Waals surface area contributed by atoms with Gasteiger partial charge in [-0.05, 0) is 0 Å². The molecule has 0 saturated heterocycles. The largest absolute Gasteiger partial charge is 0.326 e. The Morgan fingerprint density at radius 3 is 0.800 bits per heavy atom. The Hall–Kier alpha value is -5.24. The first-order chi connectivity index (χ1) is 19.4. The third-order valence-corrected chi connectivity index (χ3v) is 5.93. The van der Waals surface area contributed by atoms with Crippen molar-refractivity contribution in [3.8, 4) is 0 Å². The first kappa shape index (κ1) is 26.4. The molecule has 0 fully saturated rings. The van der Waals surface area contributed by atoms with E-state index >= 15 is 0 Å². The van der Waals surface area contributed by atoms with Gasteiger partial charge in [-0.3, -0.25) is 0 Å². The molecule has 0 aliphatic heterocycles. The van der Waals surface area contributed by atoms with E-state index in [-0.39, 0.29) is 0 Å². The summed E-state index contributed by atoms with van der Waals surface area (Å²) >= 11 is 0. The molecule has 40 heavy (non-hydrogen) atoms. The highest BCUT2D eigenvalue weighted by Gasteiger charge is 1.92. The van der Waals surface area contributed by atoms with Gasteiger partial charge >= 0.3 is 0 Å². The molecule has 8 heteroatoms. The predicted molar refractivity (Wildman–Crippen MR) is 150 cm³/mol. The molecule has 8 nitrogen and oxygen atoms in total. The molecule has 0 spiro atoms. The van der Waals surface area contributed by atoms with Crippen molar-refractivity contribution in [2.45, 2.75) is 0 Å². The molecule has 8 heterocycles. The van der Waals surface area contributed by atoms with Crippen molar-refractivity contribution in [1.82, 2.24) is 17.6 Å². The van der Waals surface area contributed by atoms with E-state index in [9.17, 15) is 0 Å². The van der Waals surface area contributed by atoms with Crippen LogP contribution in [0.1, 0.15) is 0 Å². The lowest BCUT2D eigenvalue weighted by Gasteiger charge is -1.87. The van der Waals surface area contributed by atoms with E-state index in [1.807, 2.05) is 162 Å². The minimum absolute atomic E-state index is 1.17. The summed E-state index contributed by atoms with van der Waals surface area (Å²) in [4.78, 5) is 0. The van der Waals surface area contributed by atoms with Crippen molar-refractivity contribution < 1.29 is 18.3 Å². The number of nitrogens with zero attached hydrogens (tertiary/aromatic N) is 8. The molecule has 200 valence electrons. The van der Waals surface area contributed by atoms with Gasteiger partial charge in [-0.1, -0.05) is 72.8 Å². The molecule has 0 bridgehead atoms. The number of hydrogen-bond acceptors (Lipinski definition) is 0. The zero-order valence-electron chi connectivity index (χ0n) is 23.1. The Morgan fingerprint density at radius 1 is 0.375 bits per heavy atom. The number of aromatic nitrogens is 8. The molecule has 0 aromatic carbocycles. The van der Waals surface area contributed by atoms with Crippen LogP contribution in [0.25, 0.3) is 22.1 Å². The van der Waals surface area contributed by atoms with Crippen LogP contribution in [0.3, 0.4) is 0 Å². The summed E-state index contributed by atoms with van der Waals surface area (Å²) in [7, 11) is 7.86. The summed E-state index contributed by atoms with van der Waals surface area (Å²) in [5, 5.41) is 0. The highest BCUT2D eigenvalue weighted by atomic mass is 15.1. The van der Waals surface area contributed by atoms with Crippen LogP contribution in [0.5, 0.6) is 0 Å². The van der Waals surface area contributed by atoms with Crippen LogP contribution in [-0.2, 0) is 28.2 Å². The van der Waals surface area contributed by atoms with E-state index in [4.69, 9.17) is 0 Å². The lowest BCUT2D eigenvalue weighted by Crippen LogP contribution is -2.23. The Bertz CT molecular complexity index is 1550. The van der Waals surface area contributed by atoms with E-state index in [0.29, 0.717) is 0 Å². The minimum atomic E-state index is 1.17. The quantitative estimate of drug-likeness (QED) is 0.214. The van der Waals surface area contributed by atoms with Crippen LogP contribution in [0, 0.1) is 25.3 Å². The first-order valence-electron chi connectivity index (χ1n) is 12.8. The Balaban J connectivity index is 0.000000108. The average Bonchev–Trinajstić information content (AvgIpc) is 3.71. The lowest BCUT2D eigenvalue weighted by atomic mass is 10.4. The maximum Gasteiger partial charge on any atom is 0.243 e. The van der Waals surface area contributed by atoms with Gasteiger partial charge in [0.1, 0.15) is 0 Å². The zero-order valence-corrected chi connectivity index (χ0v) is 23.1. The van der Waals surface area contributed by atoms with E-state index < -0.39 is 0 Å². The van der Waals surface area contributed by atoms with Crippen LogP contribution in [0.4, 0.5) is 0 Å². The molecule has 0 amide bonds. The van der Waals surface area contributed by atoms with Crippen LogP contribution in [0.15, 0.2) is 122 Å². The normalized spacial score (nSPS) is 10.5. The van der Waals surface area contributed by atoms with E-state index in [1.54, 1.807) is 0 Å². The van der Waals surface area contributed by atoms with E-state index in [0.717, 1.165) is 0 Å². The highest BCUT2D eigenvalue weighted by Crippen LogP contribution is 1.99. The van der Waals surface area contributed by atoms with Crippen molar-refractivity contribution >= 4 is 22.1 Å². The van der Waals surface area contributed by atoms with Crippen molar-refractivity contribution in [1.29, 1.82) is 0 Å². The summed E-state index contributed by atoms with van der Waals surface area (Å²) in [5.74, 6) is 0. The second-order valence-electron chi connectivity index (χ2n) is 9.34. The van der Waals surface area contributed by atoms with Gasteiger partial charge < -0.3 is 35.9 Å². The second-order valence-corrected chi connectivity index (χ2v) is 9.34. The molecule has 0 saturated carbocycles. The molecule has 0 atom stereocenters. The molecule has 0 aliphatic carbocycles.